The van der Waals surface area contributed by atoms with Crippen molar-refractivity contribution >= 4 is 23.7 Å². The molecule has 2 aliphatic carbocycles. The van der Waals surface area contributed by atoms with E-state index in [0.29, 0.717) is 37.2 Å². The van der Waals surface area contributed by atoms with Gasteiger partial charge in [0.25, 0.3) is 0 Å². The average molecular weight is 515 g/mol. The van der Waals surface area contributed by atoms with E-state index < -0.39 is 35.6 Å². The van der Waals surface area contributed by atoms with Crippen LogP contribution in [-0.4, -0.2) is 68.5 Å². The summed E-state index contributed by atoms with van der Waals surface area (Å²) in [6.45, 7) is 8.56. The van der Waals surface area contributed by atoms with Crippen LogP contribution < -0.4 is 16.4 Å². The number of anilines is 1. The fraction of sp³-hybridized carbons (Fsp3) is 0.741. The van der Waals surface area contributed by atoms with E-state index in [1.165, 1.54) is 0 Å². The number of aromatic nitrogens is 2. The number of amides is 3. The maximum Gasteiger partial charge on any atom is 0.248 e. The lowest BCUT2D eigenvalue weighted by atomic mass is 9.79. The number of aliphatic hydroxyl groups is 1. The first-order chi connectivity index (χ1) is 17.4. The molecule has 0 bridgehead atoms. The maximum atomic E-state index is 14.1. The number of nitrogens with one attached hydrogen (secondary N) is 2. The molecule has 6 atom stereocenters. The second-order valence-electron chi connectivity index (χ2n) is 12.4. The predicted octanol–water partition coefficient (Wildman–Crippen LogP) is 1.84. The SMILES string of the molecule is CCC1C[C@@]12C[C@@H](C(=O)NC(CC1CCC1)C(O)C(N)=O)N(C(=O)[C@@H](Nc1ncccn1)C(C)(C)C)C2. The Kier molecular flexibility index (Phi) is 7.78. The van der Waals surface area contributed by atoms with Gasteiger partial charge in [0.1, 0.15) is 12.1 Å². The normalized spacial score (nSPS) is 27.8. The van der Waals surface area contributed by atoms with Gasteiger partial charge in [0.15, 0.2) is 6.10 Å². The highest BCUT2D eigenvalue weighted by Gasteiger charge is 2.62. The van der Waals surface area contributed by atoms with Crippen molar-refractivity contribution in [1.29, 1.82) is 0 Å². The van der Waals surface area contributed by atoms with Crippen LogP contribution >= 0.6 is 0 Å². The maximum absolute atomic E-state index is 14.1. The monoisotopic (exact) mass is 514 g/mol. The first-order valence-electron chi connectivity index (χ1n) is 13.6. The van der Waals surface area contributed by atoms with Crippen LogP contribution in [0, 0.1) is 22.7 Å². The molecular weight excluding hydrogens is 472 g/mol. The standard InChI is InChI=1S/C27H42N6O4/c1-5-17-13-27(17)14-19(23(36)31-18(20(34)22(28)35)12-16-8-6-9-16)33(15-27)24(37)21(26(2,3)4)32-25-29-10-7-11-30-25/h7,10-11,16-21,34H,5-6,8-9,12-15H2,1-4H3,(H2,28,35)(H,31,36)(H,29,30,32)/t17?,18?,19-,20?,21+,27-/m0/s1. The van der Waals surface area contributed by atoms with Crippen molar-refractivity contribution in [3.63, 3.8) is 0 Å². The lowest BCUT2D eigenvalue weighted by Gasteiger charge is -2.36. The lowest BCUT2D eigenvalue weighted by Crippen LogP contribution is -2.57. The molecule has 204 valence electrons. The zero-order chi connectivity index (χ0) is 27.0. The van der Waals surface area contributed by atoms with Crippen molar-refractivity contribution in [2.45, 2.75) is 96.9 Å². The molecule has 10 nitrogen and oxygen atoms in total. The van der Waals surface area contributed by atoms with Crippen LogP contribution in [0.25, 0.3) is 0 Å². The van der Waals surface area contributed by atoms with E-state index in [1.54, 1.807) is 23.4 Å². The Hall–Kier alpha value is -2.75. The number of nitrogens with zero attached hydrogens (tertiary/aromatic N) is 3. The molecule has 5 N–H and O–H groups in total. The highest BCUT2D eigenvalue weighted by atomic mass is 16.3. The molecule has 1 aromatic rings. The summed E-state index contributed by atoms with van der Waals surface area (Å²) in [6, 6.07) is -0.390. The van der Waals surface area contributed by atoms with Crippen molar-refractivity contribution in [3.05, 3.63) is 18.5 Å². The summed E-state index contributed by atoms with van der Waals surface area (Å²) in [5, 5.41) is 16.6. The van der Waals surface area contributed by atoms with Crippen molar-refractivity contribution < 1.29 is 19.5 Å². The molecule has 3 unspecified atom stereocenters. The molecule has 2 heterocycles. The van der Waals surface area contributed by atoms with Gasteiger partial charge in [-0.05, 0) is 48.0 Å². The molecular formula is C27H42N6O4. The number of hydrogen-bond acceptors (Lipinski definition) is 7. The lowest BCUT2D eigenvalue weighted by molar-refractivity contribution is -0.142. The predicted molar refractivity (Wildman–Crippen MR) is 139 cm³/mol. The van der Waals surface area contributed by atoms with Gasteiger partial charge in [-0.2, -0.15) is 0 Å². The fourth-order valence-corrected chi connectivity index (χ4v) is 6.08. The highest BCUT2D eigenvalue weighted by molar-refractivity contribution is 5.93. The molecule has 2 saturated carbocycles. The van der Waals surface area contributed by atoms with E-state index in [4.69, 9.17) is 5.73 Å². The Labute approximate surface area is 219 Å². The van der Waals surface area contributed by atoms with E-state index in [9.17, 15) is 19.5 Å². The van der Waals surface area contributed by atoms with Crippen molar-refractivity contribution in [2.75, 3.05) is 11.9 Å². The smallest absolute Gasteiger partial charge is 0.248 e. The van der Waals surface area contributed by atoms with Crippen LogP contribution in [-0.2, 0) is 14.4 Å². The third-order valence-corrected chi connectivity index (χ3v) is 8.66. The summed E-state index contributed by atoms with van der Waals surface area (Å²) in [7, 11) is 0. The van der Waals surface area contributed by atoms with Crippen molar-refractivity contribution in [1.82, 2.24) is 20.2 Å². The first-order valence-corrected chi connectivity index (χ1v) is 13.6. The molecule has 0 aromatic carbocycles. The van der Waals surface area contributed by atoms with Gasteiger partial charge in [-0.25, -0.2) is 9.97 Å². The van der Waals surface area contributed by atoms with Crippen molar-refractivity contribution in [3.8, 4) is 0 Å². The van der Waals surface area contributed by atoms with Gasteiger partial charge >= 0.3 is 0 Å². The number of hydrogen-bond donors (Lipinski definition) is 4. The van der Waals surface area contributed by atoms with E-state index in [2.05, 4.69) is 27.5 Å². The number of likely N-dealkylation sites (tertiary alicyclic amines) is 1. The number of carbonyl (C=O) groups excluding carboxylic acids is 3. The summed E-state index contributed by atoms with van der Waals surface area (Å²) in [5.41, 5.74) is 4.86. The molecule has 1 aliphatic heterocycles. The largest absolute Gasteiger partial charge is 0.381 e. The molecule has 0 radical (unpaired) electrons. The highest BCUT2D eigenvalue weighted by Crippen LogP contribution is 2.61. The molecule has 1 aromatic heterocycles. The minimum absolute atomic E-state index is 0.0656. The minimum atomic E-state index is -1.47. The molecule has 1 saturated heterocycles. The Morgan fingerprint density at radius 3 is 2.41 bits per heavy atom. The zero-order valence-electron chi connectivity index (χ0n) is 22.4. The van der Waals surface area contributed by atoms with E-state index >= 15 is 0 Å². The topological polar surface area (TPSA) is 151 Å². The number of aliphatic hydroxyl groups excluding tert-OH is 1. The van der Waals surface area contributed by atoms with Gasteiger partial charge in [0.05, 0.1) is 6.04 Å². The van der Waals surface area contributed by atoms with Crippen LogP contribution in [0.5, 0.6) is 0 Å². The molecule has 3 amide bonds. The van der Waals surface area contributed by atoms with Crippen LogP contribution in [0.15, 0.2) is 18.5 Å². The van der Waals surface area contributed by atoms with Crippen LogP contribution in [0.1, 0.15) is 72.6 Å². The Bertz CT molecular complexity index is 994. The van der Waals surface area contributed by atoms with Gasteiger partial charge in [0, 0.05) is 18.9 Å². The average Bonchev–Trinajstić information content (AvgIpc) is 3.36. The third-order valence-electron chi connectivity index (χ3n) is 8.66. The number of rotatable bonds is 10. The first kappa shape index (κ1) is 27.3. The molecule has 37 heavy (non-hydrogen) atoms. The third kappa shape index (κ3) is 5.89. The van der Waals surface area contributed by atoms with Gasteiger partial charge in [-0.3, -0.25) is 14.4 Å². The summed E-state index contributed by atoms with van der Waals surface area (Å²) >= 11 is 0. The number of primary amides is 1. The second kappa shape index (κ2) is 10.6. The Balaban J connectivity index is 1.57. The van der Waals surface area contributed by atoms with Gasteiger partial charge in [-0.1, -0.05) is 53.4 Å². The van der Waals surface area contributed by atoms with Crippen LogP contribution in [0.4, 0.5) is 5.95 Å². The quantitative estimate of drug-likeness (QED) is 0.372. The number of nitrogens with two attached hydrogens (primary N) is 1. The molecule has 1 spiro atoms. The van der Waals surface area contributed by atoms with Gasteiger partial charge < -0.3 is 26.4 Å². The van der Waals surface area contributed by atoms with E-state index in [-0.39, 0.29) is 17.2 Å². The second-order valence-corrected chi connectivity index (χ2v) is 12.4. The molecule has 4 rings (SSSR count). The van der Waals surface area contributed by atoms with Gasteiger partial charge in [-0.15, -0.1) is 0 Å². The fourth-order valence-electron chi connectivity index (χ4n) is 6.08. The summed E-state index contributed by atoms with van der Waals surface area (Å²) < 4.78 is 0. The Morgan fingerprint density at radius 2 is 1.89 bits per heavy atom. The summed E-state index contributed by atoms with van der Waals surface area (Å²) in [4.78, 5) is 49.8. The van der Waals surface area contributed by atoms with Crippen LogP contribution in [0.2, 0.25) is 0 Å². The summed E-state index contributed by atoms with van der Waals surface area (Å²) in [5.74, 6) is -0.187. The molecule has 3 fully saturated rings. The number of carbonyl (C=O) groups is 3. The minimum Gasteiger partial charge on any atom is -0.381 e. The van der Waals surface area contributed by atoms with Crippen molar-refractivity contribution in [2.24, 2.45) is 28.4 Å². The van der Waals surface area contributed by atoms with E-state index in [1.807, 2.05) is 20.8 Å². The van der Waals surface area contributed by atoms with Gasteiger partial charge in [0.2, 0.25) is 23.7 Å². The zero-order valence-corrected chi connectivity index (χ0v) is 22.4. The Morgan fingerprint density at radius 1 is 1.22 bits per heavy atom. The van der Waals surface area contributed by atoms with Crippen LogP contribution in [0.3, 0.4) is 0 Å². The summed E-state index contributed by atoms with van der Waals surface area (Å²) in [6.07, 6.45) is 7.94. The van der Waals surface area contributed by atoms with E-state index in [0.717, 1.165) is 32.1 Å². The molecule has 10 heteroatoms. The molecule has 3 aliphatic rings.